The monoisotopic (exact) mass is 639 g/mol. The second-order valence-corrected chi connectivity index (χ2v) is 13.2. The predicted molar refractivity (Wildman–Crippen MR) is 180 cm³/mol. The molecule has 0 saturated heterocycles. The molecule has 3 N–H and O–H groups in total. The molecule has 0 radical (unpaired) electrons. The molecular formula is C35H34ClN5O5. The van der Waals surface area contributed by atoms with E-state index in [1.54, 1.807) is 45.8 Å². The second kappa shape index (κ2) is 10.8. The summed E-state index contributed by atoms with van der Waals surface area (Å²) in [5.41, 5.74) is 4.72. The zero-order chi connectivity index (χ0) is 32.5. The molecule has 2 aliphatic rings. The third-order valence-electron chi connectivity index (χ3n) is 8.68. The van der Waals surface area contributed by atoms with Crippen LogP contribution in [0.15, 0.2) is 60.8 Å². The normalized spacial score (nSPS) is 15.8. The number of amides is 3. The number of anilines is 3. The Kier molecular flexibility index (Phi) is 7.01. The number of aromatic nitrogens is 2. The van der Waals surface area contributed by atoms with Crippen molar-refractivity contribution in [3.63, 3.8) is 0 Å². The van der Waals surface area contributed by atoms with E-state index in [9.17, 15) is 19.5 Å². The van der Waals surface area contributed by atoms with Gasteiger partial charge in [-0.05, 0) is 68.0 Å². The van der Waals surface area contributed by atoms with Gasteiger partial charge in [0.15, 0.2) is 0 Å². The Bertz CT molecular complexity index is 2070. The zero-order valence-electron chi connectivity index (χ0n) is 26.0. The molecule has 0 fully saturated rings. The maximum atomic E-state index is 13.9. The number of ether oxygens (including phenoxy) is 1. The highest BCUT2D eigenvalue weighted by molar-refractivity contribution is 6.19. The van der Waals surface area contributed by atoms with E-state index in [1.807, 2.05) is 57.2 Å². The number of aromatic amines is 1. The minimum absolute atomic E-state index is 0.0924. The molecule has 3 amide bonds. The van der Waals surface area contributed by atoms with Crippen LogP contribution < -0.4 is 15.1 Å². The number of H-pyrrole nitrogens is 1. The number of rotatable bonds is 4. The summed E-state index contributed by atoms with van der Waals surface area (Å²) >= 11 is 6.37. The molecule has 4 heterocycles. The number of fused-ring (bicyclic) bond motifs is 6. The van der Waals surface area contributed by atoms with Crippen molar-refractivity contribution < 1.29 is 24.2 Å². The lowest BCUT2D eigenvalue weighted by atomic mass is 9.95. The summed E-state index contributed by atoms with van der Waals surface area (Å²) in [5, 5.41) is 16.1. The van der Waals surface area contributed by atoms with Crippen molar-refractivity contribution in [1.29, 1.82) is 0 Å². The summed E-state index contributed by atoms with van der Waals surface area (Å²) < 4.78 is 7.26. The van der Waals surface area contributed by atoms with Crippen LogP contribution >= 0.6 is 11.6 Å². The van der Waals surface area contributed by atoms with Crippen LogP contribution in [0.5, 0.6) is 5.75 Å². The van der Waals surface area contributed by atoms with Crippen LogP contribution in [0.2, 0.25) is 0 Å². The number of nitrogens with one attached hydrogen (secondary N) is 2. The van der Waals surface area contributed by atoms with Crippen LogP contribution in [0.1, 0.15) is 58.8 Å². The van der Waals surface area contributed by atoms with Crippen molar-refractivity contribution in [3.05, 3.63) is 83.3 Å². The minimum atomic E-state index is -0.603. The topological polar surface area (TPSA) is 120 Å². The zero-order valence-corrected chi connectivity index (χ0v) is 26.7. The SMILES string of the molecule is Cn1cc(NC(=O)c2cc3c4c(ccc3[nH]2)N(C(=O)OC(C)(C)C)CC4)cc1C(=O)N1C[C@@H](CCl)c2c1cc(O)c1ccccc21. The summed E-state index contributed by atoms with van der Waals surface area (Å²) in [4.78, 5) is 46.6. The van der Waals surface area contributed by atoms with Gasteiger partial charge in [-0.15, -0.1) is 11.6 Å². The quantitative estimate of drug-likeness (QED) is 0.185. The maximum Gasteiger partial charge on any atom is 0.414 e. The van der Waals surface area contributed by atoms with Crippen LogP contribution in [-0.2, 0) is 18.2 Å². The molecule has 46 heavy (non-hydrogen) atoms. The smallest absolute Gasteiger partial charge is 0.414 e. The fourth-order valence-electron chi connectivity index (χ4n) is 6.67. The number of carbonyl (C=O) groups excluding carboxylic acids is 3. The number of hydrogen-bond donors (Lipinski definition) is 3. The first kappa shape index (κ1) is 29.7. The first-order chi connectivity index (χ1) is 21.9. The number of nitrogens with zero attached hydrogens (tertiary/aromatic N) is 3. The number of aryl methyl sites for hydroxylation is 1. The number of carbonyl (C=O) groups is 3. The summed E-state index contributed by atoms with van der Waals surface area (Å²) in [6.45, 7) is 6.39. The van der Waals surface area contributed by atoms with Gasteiger partial charge in [0, 0.05) is 60.5 Å². The van der Waals surface area contributed by atoms with Crippen molar-refractivity contribution in [2.45, 2.75) is 38.7 Å². The molecule has 11 heteroatoms. The van der Waals surface area contributed by atoms with Crippen molar-refractivity contribution in [1.82, 2.24) is 9.55 Å². The minimum Gasteiger partial charge on any atom is -0.507 e. The van der Waals surface area contributed by atoms with Gasteiger partial charge < -0.3 is 29.6 Å². The first-order valence-corrected chi connectivity index (χ1v) is 15.7. The number of benzene rings is 3. The van der Waals surface area contributed by atoms with E-state index < -0.39 is 11.7 Å². The largest absolute Gasteiger partial charge is 0.507 e. The highest BCUT2D eigenvalue weighted by Gasteiger charge is 2.36. The van der Waals surface area contributed by atoms with Gasteiger partial charge in [-0.1, -0.05) is 24.3 Å². The molecule has 7 rings (SSSR count). The molecule has 10 nitrogen and oxygen atoms in total. The number of hydrogen-bond acceptors (Lipinski definition) is 5. The number of alkyl halides is 1. The van der Waals surface area contributed by atoms with E-state index in [-0.39, 0.29) is 23.5 Å². The lowest BCUT2D eigenvalue weighted by Crippen LogP contribution is -2.35. The van der Waals surface area contributed by atoms with E-state index in [4.69, 9.17) is 16.3 Å². The van der Waals surface area contributed by atoms with Gasteiger partial charge in [0.25, 0.3) is 11.8 Å². The molecular weight excluding hydrogens is 606 g/mol. The lowest BCUT2D eigenvalue weighted by Gasteiger charge is -2.24. The van der Waals surface area contributed by atoms with Gasteiger partial charge in [-0.3, -0.25) is 14.5 Å². The Morgan fingerprint density at radius 1 is 1.02 bits per heavy atom. The van der Waals surface area contributed by atoms with E-state index in [0.29, 0.717) is 48.2 Å². The van der Waals surface area contributed by atoms with Gasteiger partial charge in [-0.25, -0.2) is 4.79 Å². The highest BCUT2D eigenvalue weighted by Crippen LogP contribution is 2.45. The number of phenolic OH excluding ortho intramolecular Hbond substituents is 1. The molecule has 236 valence electrons. The van der Waals surface area contributed by atoms with E-state index in [2.05, 4.69) is 10.3 Å². The Hall–Kier alpha value is -4.96. The van der Waals surface area contributed by atoms with Gasteiger partial charge in [-0.2, -0.15) is 0 Å². The molecule has 0 spiro atoms. The number of halogens is 1. The fraction of sp³-hybridized carbons (Fsp3) is 0.286. The lowest BCUT2D eigenvalue weighted by molar-refractivity contribution is 0.0583. The van der Waals surface area contributed by atoms with Crippen LogP contribution in [0.25, 0.3) is 21.7 Å². The summed E-state index contributed by atoms with van der Waals surface area (Å²) in [6.07, 6.45) is 1.94. The molecule has 2 aliphatic heterocycles. The molecule has 0 bridgehead atoms. The van der Waals surface area contributed by atoms with Gasteiger partial charge in [0.2, 0.25) is 0 Å². The molecule has 1 atom stereocenters. The highest BCUT2D eigenvalue weighted by atomic mass is 35.5. The number of phenols is 1. The van der Waals surface area contributed by atoms with Gasteiger partial charge >= 0.3 is 6.09 Å². The molecule has 2 aromatic heterocycles. The maximum absolute atomic E-state index is 13.9. The first-order valence-electron chi connectivity index (χ1n) is 15.2. The Balaban J connectivity index is 1.13. The van der Waals surface area contributed by atoms with Crippen LogP contribution in [0.4, 0.5) is 21.9 Å². The molecule has 0 aliphatic carbocycles. The third-order valence-corrected chi connectivity index (χ3v) is 9.06. The standard InChI is InChI=1S/C35H34ClN5O5/c1-35(2,3)46-34(45)40-12-11-21-24-14-26(38-25(24)9-10-27(21)40)32(43)37-20-13-29(39(4)18-20)33(44)41-17-19(16-36)31-23-8-6-5-7-22(23)30(42)15-28(31)41/h5-10,13-15,18-19,38,42H,11-12,16-17H2,1-4H3,(H,37,43)/t19-/m1/s1. The van der Waals surface area contributed by atoms with Crippen LogP contribution in [-0.4, -0.2) is 57.1 Å². The Labute approximate surface area is 270 Å². The second-order valence-electron chi connectivity index (χ2n) is 12.9. The van der Waals surface area contributed by atoms with E-state index >= 15 is 0 Å². The molecule has 3 aromatic carbocycles. The summed E-state index contributed by atoms with van der Waals surface area (Å²) in [6, 6.07) is 16.4. The van der Waals surface area contributed by atoms with Crippen molar-refractivity contribution in [3.8, 4) is 5.75 Å². The van der Waals surface area contributed by atoms with Crippen molar-refractivity contribution in [2.24, 2.45) is 7.05 Å². The van der Waals surface area contributed by atoms with Crippen molar-refractivity contribution in [2.75, 3.05) is 34.1 Å². The molecule has 5 aromatic rings. The average molecular weight is 640 g/mol. The summed E-state index contributed by atoms with van der Waals surface area (Å²) in [5.74, 6) is -0.287. The van der Waals surface area contributed by atoms with Gasteiger partial charge in [0.05, 0.1) is 17.1 Å². The Morgan fingerprint density at radius 3 is 2.52 bits per heavy atom. The summed E-state index contributed by atoms with van der Waals surface area (Å²) in [7, 11) is 1.75. The number of aromatic hydroxyl groups is 1. The van der Waals surface area contributed by atoms with Crippen molar-refractivity contribution >= 4 is 68.2 Å². The predicted octanol–water partition coefficient (Wildman–Crippen LogP) is 6.90. The van der Waals surface area contributed by atoms with Crippen LogP contribution in [0, 0.1) is 0 Å². The van der Waals surface area contributed by atoms with Crippen LogP contribution in [0.3, 0.4) is 0 Å². The van der Waals surface area contributed by atoms with E-state index in [1.165, 1.54) is 0 Å². The molecule has 0 saturated carbocycles. The molecule has 0 unspecified atom stereocenters. The van der Waals surface area contributed by atoms with E-state index in [0.717, 1.165) is 38.5 Å². The fourth-order valence-corrected chi connectivity index (χ4v) is 6.92. The van der Waals surface area contributed by atoms with Gasteiger partial charge in [0.1, 0.15) is 22.7 Å². The third kappa shape index (κ3) is 4.93. The Morgan fingerprint density at radius 2 is 1.78 bits per heavy atom. The average Bonchev–Trinajstić information content (AvgIpc) is 3.79.